The highest BCUT2D eigenvalue weighted by atomic mass is 79.9. The van der Waals surface area contributed by atoms with Crippen LogP contribution in [0.5, 0.6) is 0 Å². The molecule has 0 spiro atoms. The second-order valence-corrected chi connectivity index (χ2v) is 5.13. The first-order valence-electron chi connectivity index (χ1n) is 5.19. The van der Waals surface area contributed by atoms with E-state index in [1.807, 2.05) is 0 Å². The molecule has 1 N–H and O–H groups in total. The van der Waals surface area contributed by atoms with Crippen LogP contribution in [0.25, 0.3) is 0 Å². The number of hydrogen-bond donors (Lipinski definition) is 1. The Labute approximate surface area is 112 Å². The van der Waals surface area contributed by atoms with E-state index in [9.17, 15) is 4.79 Å². The number of hydrogen-bond acceptors (Lipinski definition) is 2. The van der Waals surface area contributed by atoms with Gasteiger partial charge in [0, 0.05) is 24.9 Å². The van der Waals surface area contributed by atoms with Crippen LogP contribution in [0.1, 0.15) is 25.7 Å². The van der Waals surface area contributed by atoms with Crippen molar-refractivity contribution in [3.8, 4) is 0 Å². The molecule has 0 aromatic carbocycles. The Hall–Kier alpha value is -0.360. The Morgan fingerprint density at radius 1 is 1.50 bits per heavy atom. The maximum absolute atomic E-state index is 11.6. The molecule has 4 nitrogen and oxygen atoms in total. The Morgan fingerprint density at radius 2 is 2.25 bits per heavy atom. The normalized spacial score (nSPS) is 10.4. The maximum atomic E-state index is 11.6. The molecule has 90 valence electrons. The summed E-state index contributed by atoms with van der Waals surface area (Å²) >= 11 is 6.62. The molecule has 0 aliphatic heterocycles. The molecule has 0 saturated heterocycles. The number of unbranched alkanes of at least 4 members (excludes halogenated alkanes) is 2. The Bertz CT molecular complexity index is 352. The first kappa shape index (κ1) is 13.7. The van der Waals surface area contributed by atoms with Gasteiger partial charge in [0.15, 0.2) is 0 Å². The van der Waals surface area contributed by atoms with Crippen LogP contribution in [-0.4, -0.2) is 21.0 Å². The topological polar surface area (TPSA) is 46.9 Å². The number of nitrogens with one attached hydrogen (secondary N) is 1. The molecule has 0 radical (unpaired) electrons. The van der Waals surface area contributed by atoms with E-state index in [1.165, 1.54) is 0 Å². The van der Waals surface area contributed by atoms with E-state index < -0.39 is 0 Å². The Kier molecular flexibility index (Phi) is 6.05. The standard InChI is InChI=1S/C10H15Br2N3O/c1-15-9(7-8(12)14-15)13-10(16)5-3-2-4-6-11/h7H,2-6H2,1H3,(H,13,16). The minimum atomic E-state index is 0.0464. The summed E-state index contributed by atoms with van der Waals surface area (Å²) in [4.78, 5) is 11.6. The molecule has 0 atom stereocenters. The van der Waals surface area contributed by atoms with Crippen molar-refractivity contribution in [2.45, 2.75) is 25.7 Å². The summed E-state index contributed by atoms with van der Waals surface area (Å²) in [7, 11) is 1.80. The summed E-state index contributed by atoms with van der Waals surface area (Å²) in [6, 6.07) is 1.79. The van der Waals surface area contributed by atoms with Gasteiger partial charge in [0.05, 0.1) is 0 Å². The van der Waals surface area contributed by atoms with Crippen molar-refractivity contribution in [3.05, 3.63) is 10.7 Å². The second-order valence-electron chi connectivity index (χ2n) is 3.52. The molecule has 1 aromatic rings. The predicted octanol–water partition coefficient (Wildman–Crippen LogP) is 3.08. The van der Waals surface area contributed by atoms with E-state index in [4.69, 9.17) is 0 Å². The van der Waals surface area contributed by atoms with Crippen LogP contribution in [0.3, 0.4) is 0 Å². The van der Waals surface area contributed by atoms with E-state index in [2.05, 4.69) is 42.3 Å². The van der Waals surface area contributed by atoms with Crippen molar-refractivity contribution < 1.29 is 4.79 Å². The number of halogens is 2. The number of amides is 1. The lowest BCUT2D eigenvalue weighted by atomic mass is 10.2. The molecule has 6 heteroatoms. The monoisotopic (exact) mass is 351 g/mol. The van der Waals surface area contributed by atoms with Crippen molar-refractivity contribution in [2.75, 3.05) is 10.6 Å². The number of anilines is 1. The van der Waals surface area contributed by atoms with Gasteiger partial charge in [-0.05, 0) is 28.8 Å². The van der Waals surface area contributed by atoms with Gasteiger partial charge in [-0.25, -0.2) is 0 Å². The van der Waals surface area contributed by atoms with E-state index in [-0.39, 0.29) is 5.91 Å². The first-order chi connectivity index (χ1) is 7.63. The lowest BCUT2D eigenvalue weighted by Crippen LogP contribution is -2.13. The van der Waals surface area contributed by atoms with E-state index in [1.54, 1.807) is 17.8 Å². The van der Waals surface area contributed by atoms with Gasteiger partial charge >= 0.3 is 0 Å². The third kappa shape index (κ3) is 4.65. The van der Waals surface area contributed by atoms with Crippen LogP contribution in [0, 0.1) is 0 Å². The van der Waals surface area contributed by atoms with Crippen molar-refractivity contribution in [1.82, 2.24) is 9.78 Å². The van der Waals surface area contributed by atoms with Gasteiger partial charge < -0.3 is 5.32 Å². The SMILES string of the molecule is Cn1nc(Br)cc1NC(=O)CCCCCBr. The summed E-state index contributed by atoms with van der Waals surface area (Å²) in [6.07, 6.45) is 3.69. The largest absolute Gasteiger partial charge is 0.311 e. The summed E-state index contributed by atoms with van der Waals surface area (Å²) in [6.45, 7) is 0. The van der Waals surface area contributed by atoms with Crippen molar-refractivity contribution in [3.63, 3.8) is 0 Å². The molecule has 0 saturated carbocycles. The second kappa shape index (κ2) is 7.06. The minimum absolute atomic E-state index is 0.0464. The molecule has 0 unspecified atom stereocenters. The minimum Gasteiger partial charge on any atom is -0.311 e. The smallest absolute Gasteiger partial charge is 0.225 e. The van der Waals surface area contributed by atoms with Gasteiger partial charge in [0.1, 0.15) is 10.4 Å². The van der Waals surface area contributed by atoms with E-state index in [0.717, 1.165) is 35.0 Å². The number of nitrogens with zero attached hydrogens (tertiary/aromatic N) is 2. The average molecular weight is 353 g/mol. The summed E-state index contributed by atoms with van der Waals surface area (Å²) < 4.78 is 2.37. The lowest BCUT2D eigenvalue weighted by Gasteiger charge is -2.04. The summed E-state index contributed by atoms with van der Waals surface area (Å²) in [5, 5.41) is 7.92. The van der Waals surface area contributed by atoms with Crippen LogP contribution in [0.4, 0.5) is 5.82 Å². The van der Waals surface area contributed by atoms with Crippen LogP contribution < -0.4 is 5.32 Å². The zero-order chi connectivity index (χ0) is 12.0. The van der Waals surface area contributed by atoms with Crippen LogP contribution in [0.15, 0.2) is 10.7 Å². The number of rotatable bonds is 6. The fraction of sp³-hybridized carbons (Fsp3) is 0.600. The zero-order valence-electron chi connectivity index (χ0n) is 9.17. The highest BCUT2D eigenvalue weighted by molar-refractivity contribution is 9.10. The molecule has 0 bridgehead atoms. The number of alkyl halides is 1. The quantitative estimate of drug-likeness (QED) is 0.631. The average Bonchev–Trinajstić information content (AvgIpc) is 2.52. The van der Waals surface area contributed by atoms with E-state index in [0.29, 0.717) is 6.42 Å². The molecule has 0 aliphatic carbocycles. The molecule has 1 amide bonds. The zero-order valence-corrected chi connectivity index (χ0v) is 12.3. The Balaban J connectivity index is 2.31. The summed E-state index contributed by atoms with van der Waals surface area (Å²) in [5.41, 5.74) is 0. The van der Waals surface area contributed by atoms with Crippen molar-refractivity contribution >= 4 is 43.6 Å². The highest BCUT2D eigenvalue weighted by Crippen LogP contribution is 2.14. The number of aromatic nitrogens is 2. The molecule has 0 fully saturated rings. The Morgan fingerprint density at radius 3 is 2.81 bits per heavy atom. The van der Waals surface area contributed by atoms with Crippen LogP contribution in [0.2, 0.25) is 0 Å². The summed E-state index contributed by atoms with van der Waals surface area (Å²) in [5.74, 6) is 0.766. The molecule has 16 heavy (non-hydrogen) atoms. The van der Waals surface area contributed by atoms with Gasteiger partial charge in [-0.1, -0.05) is 22.4 Å². The van der Waals surface area contributed by atoms with Gasteiger partial charge in [0.2, 0.25) is 5.91 Å². The van der Waals surface area contributed by atoms with Gasteiger partial charge in [-0.2, -0.15) is 5.10 Å². The predicted molar refractivity (Wildman–Crippen MR) is 71.8 cm³/mol. The molecule has 1 heterocycles. The van der Waals surface area contributed by atoms with E-state index >= 15 is 0 Å². The molecule has 1 rings (SSSR count). The number of carbonyl (C=O) groups excluding carboxylic acids is 1. The molecular formula is C10H15Br2N3O. The molecule has 0 aliphatic rings. The fourth-order valence-electron chi connectivity index (χ4n) is 1.31. The fourth-order valence-corrected chi connectivity index (χ4v) is 2.16. The lowest BCUT2D eigenvalue weighted by molar-refractivity contribution is -0.116. The van der Waals surface area contributed by atoms with Crippen molar-refractivity contribution in [2.24, 2.45) is 7.05 Å². The molecular weight excluding hydrogens is 338 g/mol. The maximum Gasteiger partial charge on any atom is 0.225 e. The number of aryl methyl sites for hydroxylation is 1. The third-order valence-corrected chi connectivity index (χ3v) is 3.10. The van der Waals surface area contributed by atoms with Crippen molar-refractivity contribution in [1.29, 1.82) is 0 Å². The van der Waals surface area contributed by atoms with Gasteiger partial charge in [-0.3, -0.25) is 9.48 Å². The van der Waals surface area contributed by atoms with Gasteiger partial charge in [-0.15, -0.1) is 0 Å². The van der Waals surface area contributed by atoms with Gasteiger partial charge in [0.25, 0.3) is 0 Å². The van der Waals surface area contributed by atoms with Crippen LogP contribution >= 0.6 is 31.9 Å². The number of carbonyl (C=O) groups is 1. The third-order valence-electron chi connectivity index (χ3n) is 2.15. The molecule has 1 aromatic heterocycles. The highest BCUT2D eigenvalue weighted by Gasteiger charge is 2.06. The van der Waals surface area contributed by atoms with Crippen LogP contribution in [-0.2, 0) is 11.8 Å². The first-order valence-corrected chi connectivity index (χ1v) is 7.10.